The van der Waals surface area contributed by atoms with Gasteiger partial charge in [-0.3, -0.25) is 9.59 Å². The summed E-state index contributed by atoms with van der Waals surface area (Å²) in [6.07, 6.45) is 2.81. The van der Waals surface area contributed by atoms with E-state index in [0.29, 0.717) is 39.0 Å². The van der Waals surface area contributed by atoms with Crippen LogP contribution < -0.4 is 16.0 Å². The number of hydrogen-bond acceptors (Lipinski definition) is 4. The summed E-state index contributed by atoms with van der Waals surface area (Å²) in [6.45, 7) is 2.23. The highest BCUT2D eigenvalue weighted by Crippen LogP contribution is 2.31. The van der Waals surface area contributed by atoms with E-state index in [1.807, 2.05) is 24.3 Å². The second-order valence-electron chi connectivity index (χ2n) is 6.25. The summed E-state index contributed by atoms with van der Waals surface area (Å²) in [5, 5.41) is 2.95. The number of hydrogen-bond donors (Lipinski definition) is 2. The molecule has 1 aromatic carbocycles. The van der Waals surface area contributed by atoms with Gasteiger partial charge in [0.05, 0.1) is 5.41 Å². The smallest absolute Gasteiger partial charge is 0.232 e. The minimum Gasteiger partial charge on any atom is -0.381 e. The number of carbonyl (C=O) groups is 2. The van der Waals surface area contributed by atoms with Crippen LogP contribution in [0.1, 0.15) is 25.7 Å². The van der Waals surface area contributed by atoms with Gasteiger partial charge >= 0.3 is 0 Å². The summed E-state index contributed by atoms with van der Waals surface area (Å²) < 4.78 is 5.34. The van der Waals surface area contributed by atoms with Crippen molar-refractivity contribution in [2.24, 2.45) is 11.1 Å². The predicted molar refractivity (Wildman–Crippen MR) is 88.2 cm³/mol. The van der Waals surface area contributed by atoms with E-state index in [9.17, 15) is 9.59 Å². The molecule has 0 aromatic heterocycles. The highest BCUT2D eigenvalue weighted by atomic mass is 16.5. The molecular weight excluding hydrogens is 294 g/mol. The summed E-state index contributed by atoms with van der Waals surface area (Å²) >= 11 is 0. The zero-order chi connectivity index (χ0) is 16.3. The summed E-state index contributed by atoms with van der Waals surface area (Å²) in [6, 6.07) is 7.42. The molecule has 6 nitrogen and oxygen atoms in total. The first-order valence-corrected chi connectivity index (χ1v) is 8.14. The maximum Gasteiger partial charge on any atom is 0.232 e. The molecule has 2 fully saturated rings. The highest BCUT2D eigenvalue weighted by Gasteiger charge is 2.38. The molecule has 0 atom stereocenters. The second-order valence-corrected chi connectivity index (χ2v) is 6.25. The molecule has 0 bridgehead atoms. The van der Waals surface area contributed by atoms with Gasteiger partial charge in [0, 0.05) is 44.1 Å². The van der Waals surface area contributed by atoms with Crippen molar-refractivity contribution < 1.29 is 14.3 Å². The Morgan fingerprint density at radius 1 is 1.26 bits per heavy atom. The van der Waals surface area contributed by atoms with Crippen molar-refractivity contribution in [3.05, 3.63) is 24.3 Å². The Morgan fingerprint density at radius 2 is 1.96 bits per heavy atom. The maximum atomic E-state index is 12.6. The molecule has 0 aliphatic carbocycles. The van der Waals surface area contributed by atoms with Crippen LogP contribution in [0.3, 0.4) is 0 Å². The third-order valence-electron chi connectivity index (χ3n) is 4.83. The average molecular weight is 317 g/mol. The third-order valence-corrected chi connectivity index (χ3v) is 4.83. The van der Waals surface area contributed by atoms with Gasteiger partial charge in [-0.25, -0.2) is 0 Å². The number of benzene rings is 1. The highest BCUT2D eigenvalue weighted by molar-refractivity contribution is 5.97. The standard InChI is InChI=1S/C17H23N3O3/c18-12-17(7-10-23-11-8-17)16(22)19-13-3-5-14(6-4-13)20-9-1-2-15(20)21/h3-6H,1-2,7-12,18H2,(H,19,22). The van der Waals surface area contributed by atoms with E-state index in [0.717, 1.165) is 24.3 Å². The van der Waals surface area contributed by atoms with Gasteiger partial charge in [-0.15, -0.1) is 0 Å². The lowest BCUT2D eigenvalue weighted by Gasteiger charge is -2.34. The van der Waals surface area contributed by atoms with Gasteiger partial charge < -0.3 is 20.7 Å². The van der Waals surface area contributed by atoms with Crippen molar-refractivity contribution in [2.45, 2.75) is 25.7 Å². The van der Waals surface area contributed by atoms with Crippen LogP contribution in [0.5, 0.6) is 0 Å². The van der Waals surface area contributed by atoms with Crippen molar-refractivity contribution in [2.75, 3.05) is 36.5 Å². The number of rotatable bonds is 4. The number of nitrogens with one attached hydrogen (secondary N) is 1. The van der Waals surface area contributed by atoms with Crippen molar-refractivity contribution in [1.82, 2.24) is 0 Å². The van der Waals surface area contributed by atoms with E-state index in [1.54, 1.807) is 4.90 Å². The number of nitrogens with zero attached hydrogens (tertiary/aromatic N) is 1. The van der Waals surface area contributed by atoms with Gasteiger partial charge in [0.1, 0.15) is 0 Å². The van der Waals surface area contributed by atoms with Crippen LogP contribution in [0, 0.1) is 5.41 Å². The molecule has 2 aliphatic heterocycles. The molecule has 2 saturated heterocycles. The first-order valence-electron chi connectivity index (χ1n) is 8.14. The minimum atomic E-state index is -0.540. The molecule has 0 saturated carbocycles. The zero-order valence-corrected chi connectivity index (χ0v) is 13.2. The molecule has 1 aromatic rings. The lowest BCUT2D eigenvalue weighted by molar-refractivity contribution is -0.130. The second kappa shape index (κ2) is 6.68. The van der Waals surface area contributed by atoms with Crippen LogP contribution in [-0.4, -0.2) is 38.1 Å². The summed E-state index contributed by atoms with van der Waals surface area (Å²) in [4.78, 5) is 26.1. The lowest BCUT2D eigenvalue weighted by Crippen LogP contribution is -2.46. The molecule has 124 valence electrons. The van der Waals surface area contributed by atoms with Crippen LogP contribution in [0.4, 0.5) is 11.4 Å². The number of anilines is 2. The summed E-state index contributed by atoms with van der Waals surface area (Å²) in [5.74, 6) is 0.111. The molecule has 0 unspecified atom stereocenters. The number of amides is 2. The van der Waals surface area contributed by atoms with E-state index in [-0.39, 0.29) is 11.8 Å². The Hall–Kier alpha value is -1.92. The number of ether oxygens (including phenoxy) is 1. The molecule has 23 heavy (non-hydrogen) atoms. The van der Waals surface area contributed by atoms with E-state index < -0.39 is 5.41 Å². The van der Waals surface area contributed by atoms with Crippen molar-refractivity contribution >= 4 is 23.2 Å². The van der Waals surface area contributed by atoms with Gasteiger partial charge in [-0.05, 0) is 43.5 Å². The molecule has 0 radical (unpaired) electrons. The largest absolute Gasteiger partial charge is 0.381 e. The van der Waals surface area contributed by atoms with Gasteiger partial charge in [-0.1, -0.05) is 0 Å². The fourth-order valence-corrected chi connectivity index (χ4v) is 3.20. The van der Waals surface area contributed by atoms with Crippen LogP contribution in [0.2, 0.25) is 0 Å². The molecule has 0 spiro atoms. The van der Waals surface area contributed by atoms with Gasteiger partial charge in [-0.2, -0.15) is 0 Å². The SMILES string of the molecule is NCC1(C(=O)Nc2ccc(N3CCCC3=O)cc2)CCOCC1. The fraction of sp³-hybridized carbons (Fsp3) is 0.529. The van der Waals surface area contributed by atoms with E-state index in [1.165, 1.54) is 0 Å². The van der Waals surface area contributed by atoms with E-state index >= 15 is 0 Å². The van der Waals surface area contributed by atoms with Crippen LogP contribution in [0.15, 0.2) is 24.3 Å². The predicted octanol–water partition coefficient (Wildman–Crippen LogP) is 1.51. The quantitative estimate of drug-likeness (QED) is 0.881. The number of carbonyl (C=O) groups excluding carboxylic acids is 2. The molecule has 2 aliphatic rings. The molecule has 3 rings (SSSR count). The van der Waals surface area contributed by atoms with E-state index in [2.05, 4.69) is 5.32 Å². The number of nitrogens with two attached hydrogens (primary N) is 1. The van der Waals surface area contributed by atoms with Crippen LogP contribution in [-0.2, 0) is 14.3 Å². The van der Waals surface area contributed by atoms with Crippen molar-refractivity contribution in [3.63, 3.8) is 0 Å². The Kier molecular flexibility index (Phi) is 4.63. The third kappa shape index (κ3) is 3.23. The summed E-state index contributed by atoms with van der Waals surface area (Å²) in [7, 11) is 0. The van der Waals surface area contributed by atoms with Crippen molar-refractivity contribution in [3.8, 4) is 0 Å². The zero-order valence-electron chi connectivity index (χ0n) is 13.2. The maximum absolute atomic E-state index is 12.6. The first-order chi connectivity index (χ1) is 11.1. The Morgan fingerprint density at radius 3 is 2.52 bits per heavy atom. The topological polar surface area (TPSA) is 84.7 Å². The Bertz CT molecular complexity index is 579. The molecule has 2 amide bonds. The van der Waals surface area contributed by atoms with Gasteiger partial charge in [0.2, 0.25) is 11.8 Å². The Balaban J connectivity index is 1.68. The summed E-state index contributed by atoms with van der Waals surface area (Å²) in [5.41, 5.74) is 6.92. The van der Waals surface area contributed by atoms with Gasteiger partial charge in [0.25, 0.3) is 0 Å². The van der Waals surface area contributed by atoms with Crippen LogP contribution in [0.25, 0.3) is 0 Å². The van der Waals surface area contributed by atoms with Crippen molar-refractivity contribution in [1.29, 1.82) is 0 Å². The molecule has 2 heterocycles. The average Bonchev–Trinajstić information content (AvgIpc) is 3.02. The molecule has 6 heteroatoms. The monoisotopic (exact) mass is 317 g/mol. The van der Waals surface area contributed by atoms with Gasteiger partial charge in [0.15, 0.2) is 0 Å². The first kappa shape index (κ1) is 16.0. The Labute approximate surface area is 136 Å². The normalized spacial score (nSPS) is 20.6. The molecule has 3 N–H and O–H groups in total. The van der Waals surface area contributed by atoms with E-state index in [4.69, 9.17) is 10.5 Å². The van der Waals surface area contributed by atoms with Crippen LogP contribution >= 0.6 is 0 Å². The minimum absolute atomic E-state index is 0.0479. The molecular formula is C17H23N3O3. The fourth-order valence-electron chi connectivity index (χ4n) is 3.20. The lowest BCUT2D eigenvalue weighted by atomic mass is 9.79.